The molecule has 0 spiro atoms. The molecule has 8 nitrogen and oxygen atoms in total. The number of morpholine rings is 1. The lowest BCUT2D eigenvalue weighted by Crippen LogP contribution is -2.36. The van der Waals surface area contributed by atoms with Crippen LogP contribution in [0.25, 0.3) is 10.6 Å². The van der Waals surface area contributed by atoms with Crippen LogP contribution in [0, 0.1) is 0 Å². The Morgan fingerprint density at radius 1 is 1.27 bits per heavy atom. The van der Waals surface area contributed by atoms with Crippen molar-refractivity contribution < 1.29 is 9.53 Å². The van der Waals surface area contributed by atoms with Crippen LogP contribution in [0.5, 0.6) is 0 Å². The molecule has 4 rings (SSSR count). The van der Waals surface area contributed by atoms with E-state index in [1.54, 1.807) is 12.1 Å². The van der Waals surface area contributed by atoms with Crippen molar-refractivity contribution in [1.29, 1.82) is 0 Å². The number of nitrogens with one attached hydrogen (secondary N) is 1. The summed E-state index contributed by atoms with van der Waals surface area (Å²) in [5.74, 6) is -0.400. The zero-order chi connectivity index (χ0) is 21.1. The second-order valence-corrected chi connectivity index (χ2v) is 8.09. The molecule has 0 unspecified atom stereocenters. The first-order chi connectivity index (χ1) is 14.5. The van der Waals surface area contributed by atoms with E-state index in [4.69, 9.17) is 22.1 Å². The maximum atomic E-state index is 12.5. The molecule has 3 aromatic rings. The van der Waals surface area contributed by atoms with E-state index in [-0.39, 0.29) is 12.2 Å². The molecule has 156 valence electrons. The molecule has 30 heavy (non-hydrogen) atoms. The molecular weight excluding hydrogens is 426 g/mol. The predicted octanol–water partition coefficient (Wildman–Crippen LogP) is 2.68. The maximum Gasteiger partial charge on any atom is 0.290 e. The van der Waals surface area contributed by atoms with Crippen LogP contribution in [0.2, 0.25) is 5.02 Å². The van der Waals surface area contributed by atoms with Gasteiger partial charge in [-0.2, -0.15) is 5.10 Å². The van der Waals surface area contributed by atoms with E-state index in [0.29, 0.717) is 29.6 Å². The molecule has 1 fully saturated rings. The Labute approximate surface area is 181 Å². The van der Waals surface area contributed by atoms with Gasteiger partial charge in [0.2, 0.25) is 5.91 Å². The Balaban J connectivity index is 1.48. The van der Waals surface area contributed by atoms with E-state index < -0.39 is 11.5 Å². The molecule has 1 aliphatic rings. The number of benzene rings is 1. The fourth-order valence-electron chi connectivity index (χ4n) is 3.20. The molecule has 1 amide bonds. The standard InChI is InChI=1S/C20H20ClN5O3S/c21-14-10-13(3-4-17(14)25-5-7-29-8-6-25)23-19(27)12-26-20(28)15(22)11-16(24-26)18-2-1-9-30-18/h1-4,9-11H,5-8,12,22H2,(H,23,27). The number of halogens is 1. The van der Waals surface area contributed by atoms with Gasteiger partial charge in [0.15, 0.2) is 0 Å². The fraction of sp³-hybridized carbons (Fsp3) is 0.250. The molecule has 1 saturated heterocycles. The quantitative estimate of drug-likeness (QED) is 0.626. The number of hydrogen-bond donors (Lipinski definition) is 2. The third kappa shape index (κ3) is 4.48. The van der Waals surface area contributed by atoms with Crippen molar-refractivity contribution in [2.75, 3.05) is 42.3 Å². The number of aromatic nitrogens is 2. The molecule has 0 bridgehead atoms. The maximum absolute atomic E-state index is 12.5. The van der Waals surface area contributed by atoms with Gasteiger partial charge in [-0.1, -0.05) is 17.7 Å². The van der Waals surface area contributed by atoms with Crippen LogP contribution < -0.4 is 21.5 Å². The number of hydrogen-bond acceptors (Lipinski definition) is 7. The minimum Gasteiger partial charge on any atom is -0.394 e. The summed E-state index contributed by atoms with van der Waals surface area (Å²) in [6, 6.07) is 10.6. The zero-order valence-electron chi connectivity index (χ0n) is 16.0. The monoisotopic (exact) mass is 445 g/mol. The van der Waals surface area contributed by atoms with Crippen LogP contribution in [-0.2, 0) is 16.1 Å². The molecule has 1 aromatic carbocycles. The highest BCUT2D eigenvalue weighted by Gasteiger charge is 2.16. The van der Waals surface area contributed by atoms with Gasteiger partial charge < -0.3 is 20.7 Å². The lowest BCUT2D eigenvalue weighted by Gasteiger charge is -2.29. The number of nitrogens with zero attached hydrogens (tertiary/aromatic N) is 3. The van der Waals surface area contributed by atoms with Crippen LogP contribution in [0.1, 0.15) is 0 Å². The number of thiophene rings is 1. The average molecular weight is 446 g/mol. The number of anilines is 3. The molecule has 3 N–H and O–H groups in total. The van der Waals surface area contributed by atoms with Gasteiger partial charge in [-0.05, 0) is 35.7 Å². The number of ether oxygens (including phenoxy) is 1. The summed E-state index contributed by atoms with van der Waals surface area (Å²) in [4.78, 5) is 27.8. The third-order valence-corrected chi connectivity index (χ3v) is 5.85. The SMILES string of the molecule is Nc1cc(-c2cccs2)nn(CC(=O)Nc2ccc(N3CCOCC3)c(Cl)c2)c1=O. The highest BCUT2D eigenvalue weighted by atomic mass is 35.5. The smallest absolute Gasteiger partial charge is 0.290 e. The Hall–Kier alpha value is -2.88. The topological polar surface area (TPSA) is 102 Å². The molecule has 0 aliphatic carbocycles. The predicted molar refractivity (Wildman–Crippen MR) is 119 cm³/mol. The van der Waals surface area contributed by atoms with Gasteiger partial charge >= 0.3 is 0 Å². The van der Waals surface area contributed by atoms with Gasteiger partial charge in [0.25, 0.3) is 5.56 Å². The van der Waals surface area contributed by atoms with Crippen molar-refractivity contribution in [2.24, 2.45) is 0 Å². The molecule has 0 saturated carbocycles. The van der Waals surface area contributed by atoms with Crippen molar-refractivity contribution in [3.63, 3.8) is 0 Å². The van der Waals surface area contributed by atoms with Gasteiger partial charge in [0.1, 0.15) is 17.9 Å². The van der Waals surface area contributed by atoms with Crippen molar-refractivity contribution in [2.45, 2.75) is 6.54 Å². The van der Waals surface area contributed by atoms with Crippen LogP contribution in [0.3, 0.4) is 0 Å². The molecule has 3 heterocycles. The molecule has 0 radical (unpaired) electrons. The summed E-state index contributed by atoms with van der Waals surface area (Å²) >= 11 is 7.89. The summed E-state index contributed by atoms with van der Waals surface area (Å²) in [6.45, 7) is 2.59. The van der Waals surface area contributed by atoms with Crippen LogP contribution in [-0.4, -0.2) is 42.0 Å². The lowest BCUT2D eigenvalue weighted by atomic mass is 10.2. The fourth-order valence-corrected chi connectivity index (χ4v) is 4.18. The van der Waals surface area contributed by atoms with Crippen LogP contribution in [0.4, 0.5) is 17.1 Å². The Morgan fingerprint density at radius 3 is 2.77 bits per heavy atom. The summed E-state index contributed by atoms with van der Waals surface area (Å²) < 4.78 is 6.43. The van der Waals surface area contributed by atoms with E-state index >= 15 is 0 Å². The Kier molecular flexibility index (Phi) is 6.03. The third-order valence-electron chi connectivity index (χ3n) is 4.65. The zero-order valence-corrected chi connectivity index (χ0v) is 17.6. The molecule has 0 atom stereocenters. The Bertz CT molecular complexity index is 1110. The van der Waals surface area contributed by atoms with Crippen molar-refractivity contribution in [3.05, 3.63) is 57.2 Å². The van der Waals surface area contributed by atoms with Gasteiger partial charge in [-0.15, -0.1) is 11.3 Å². The molecular formula is C20H20ClN5O3S. The molecule has 1 aliphatic heterocycles. The number of amides is 1. The van der Waals surface area contributed by atoms with Gasteiger partial charge in [-0.25, -0.2) is 4.68 Å². The largest absolute Gasteiger partial charge is 0.394 e. The van der Waals surface area contributed by atoms with Gasteiger partial charge in [0.05, 0.1) is 28.8 Å². The van der Waals surface area contributed by atoms with Crippen molar-refractivity contribution in [3.8, 4) is 10.6 Å². The minimum absolute atomic E-state index is 0.0408. The van der Waals surface area contributed by atoms with E-state index in [2.05, 4.69) is 15.3 Å². The van der Waals surface area contributed by atoms with Crippen LogP contribution >= 0.6 is 22.9 Å². The van der Waals surface area contributed by atoms with E-state index in [1.807, 2.05) is 23.6 Å². The summed E-state index contributed by atoms with van der Waals surface area (Å²) in [6.07, 6.45) is 0. The number of rotatable bonds is 5. The highest BCUT2D eigenvalue weighted by Crippen LogP contribution is 2.29. The highest BCUT2D eigenvalue weighted by molar-refractivity contribution is 7.13. The Morgan fingerprint density at radius 2 is 2.07 bits per heavy atom. The molecule has 10 heteroatoms. The summed E-state index contributed by atoms with van der Waals surface area (Å²) in [5, 5.41) is 9.48. The van der Waals surface area contributed by atoms with E-state index in [9.17, 15) is 9.59 Å². The second kappa shape index (κ2) is 8.86. The number of nitrogens with two attached hydrogens (primary N) is 1. The first kappa shape index (κ1) is 20.4. The van der Waals surface area contributed by atoms with E-state index in [0.717, 1.165) is 28.3 Å². The van der Waals surface area contributed by atoms with Crippen molar-refractivity contribution >= 4 is 45.9 Å². The van der Waals surface area contributed by atoms with Crippen molar-refractivity contribution in [1.82, 2.24) is 9.78 Å². The number of nitrogen functional groups attached to an aromatic ring is 1. The van der Waals surface area contributed by atoms with Gasteiger partial charge in [-0.3, -0.25) is 9.59 Å². The van der Waals surface area contributed by atoms with E-state index in [1.165, 1.54) is 17.4 Å². The molecule has 2 aromatic heterocycles. The number of carbonyl (C=O) groups excluding carboxylic acids is 1. The second-order valence-electron chi connectivity index (χ2n) is 6.74. The summed E-state index contributed by atoms with van der Waals surface area (Å²) in [7, 11) is 0. The lowest BCUT2D eigenvalue weighted by molar-refractivity contribution is -0.117. The van der Waals surface area contributed by atoms with Crippen LogP contribution in [0.15, 0.2) is 46.6 Å². The average Bonchev–Trinajstić information content (AvgIpc) is 3.27. The summed E-state index contributed by atoms with van der Waals surface area (Å²) in [5.41, 5.74) is 7.35. The minimum atomic E-state index is -0.508. The first-order valence-corrected chi connectivity index (χ1v) is 10.6. The normalized spacial score (nSPS) is 14.0. The first-order valence-electron chi connectivity index (χ1n) is 9.35. The number of carbonyl (C=O) groups is 1. The van der Waals surface area contributed by atoms with Gasteiger partial charge in [0, 0.05) is 18.8 Å².